The largest absolute Gasteiger partial charge is 0.493 e. The van der Waals surface area contributed by atoms with Crippen molar-refractivity contribution < 1.29 is 32.3 Å². The van der Waals surface area contributed by atoms with E-state index in [1.54, 1.807) is 32.9 Å². The van der Waals surface area contributed by atoms with Crippen molar-refractivity contribution in [3.8, 4) is 5.75 Å². The fraction of sp³-hybridized carbons (Fsp3) is 0.500. The molecule has 0 bridgehead atoms. The van der Waals surface area contributed by atoms with E-state index in [-0.39, 0.29) is 29.4 Å². The minimum atomic E-state index is -4.29. The van der Waals surface area contributed by atoms with E-state index in [4.69, 9.17) is 21.1 Å². The molecular weight excluding hydrogens is 424 g/mol. The summed E-state index contributed by atoms with van der Waals surface area (Å²) in [7, 11) is -2.92. The van der Waals surface area contributed by atoms with E-state index in [2.05, 4.69) is 5.32 Å². The minimum absolute atomic E-state index is 0.223. The van der Waals surface area contributed by atoms with Crippen molar-refractivity contribution >= 4 is 44.9 Å². The highest BCUT2D eigenvalue weighted by atomic mass is 35.5. The predicted molar refractivity (Wildman–Crippen MR) is 107 cm³/mol. The van der Waals surface area contributed by atoms with Crippen LogP contribution < -0.4 is 10.1 Å². The zero-order chi connectivity index (χ0) is 22.0. The zero-order valence-electron chi connectivity index (χ0n) is 16.5. The number of para-hydroxylation sites is 1. The Bertz CT molecular complexity index is 925. The van der Waals surface area contributed by atoms with Gasteiger partial charge in [-0.2, -0.15) is 0 Å². The summed E-state index contributed by atoms with van der Waals surface area (Å²) < 4.78 is 35.8. The van der Waals surface area contributed by atoms with Gasteiger partial charge in [0.05, 0.1) is 17.8 Å². The van der Waals surface area contributed by atoms with Crippen molar-refractivity contribution in [1.29, 1.82) is 0 Å². The number of ketones is 1. The van der Waals surface area contributed by atoms with Gasteiger partial charge in [0.2, 0.25) is 5.25 Å². The third kappa shape index (κ3) is 5.39. The number of amides is 2. The Morgan fingerprint density at radius 1 is 1.31 bits per heavy atom. The molecule has 1 N–H and O–H groups in total. The predicted octanol–water partition coefficient (Wildman–Crippen LogP) is 2.24. The topological polar surface area (TPSA) is 119 Å². The number of nitrogens with one attached hydrogen (secondary N) is 1. The maximum absolute atomic E-state index is 12.8. The Balaban J connectivity index is 2.22. The molecule has 0 radical (unpaired) electrons. The van der Waals surface area contributed by atoms with Crippen molar-refractivity contribution in [3.05, 3.63) is 23.2 Å². The molecule has 9 nitrogen and oxygen atoms in total. The van der Waals surface area contributed by atoms with E-state index in [9.17, 15) is 22.8 Å². The first-order valence-corrected chi connectivity index (χ1v) is 10.8. The van der Waals surface area contributed by atoms with Gasteiger partial charge in [0.25, 0.3) is 5.91 Å². The van der Waals surface area contributed by atoms with Crippen LogP contribution in [0.4, 0.5) is 10.5 Å². The number of imide groups is 1. The average Bonchev–Trinajstić information content (AvgIpc) is 2.58. The fourth-order valence-corrected chi connectivity index (χ4v) is 4.44. The number of Topliss-reactive ketones (excluding diaryl/α,β-unsaturated/α-hetero) is 1. The van der Waals surface area contributed by atoms with Gasteiger partial charge in [-0.3, -0.25) is 9.59 Å². The van der Waals surface area contributed by atoms with Crippen LogP contribution in [-0.4, -0.2) is 61.5 Å². The van der Waals surface area contributed by atoms with E-state index in [1.165, 1.54) is 13.2 Å². The maximum Gasteiger partial charge on any atom is 0.417 e. The van der Waals surface area contributed by atoms with E-state index in [0.29, 0.717) is 4.90 Å². The lowest BCUT2D eigenvalue weighted by Crippen LogP contribution is -2.56. The quantitative estimate of drug-likeness (QED) is 0.684. The minimum Gasteiger partial charge on any atom is -0.493 e. The standard InChI is InChI=1S/C18H23ClN2O7S/c1-18(2,3)28-17(24)21-9-8-13(22)15(16(21)23)29(25,26)10-20-12-7-5-6-11(19)14(12)27-4/h5-7,15,20H,8-10H2,1-4H3. The summed E-state index contributed by atoms with van der Waals surface area (Å²) >= 11 is 6.00. The maximum atomic E-state index is 12.8. The van der Waals surface area contributed by atoms with Crippen LogP contribution in [0.15, 0.2) is 18.2 Å². The van der Waals surface area contributed by atoms with Gasteiger partial charge >= 0.3 is 6.09 Å². The van der Waals surface area contributed by atoms with E-state index < -0.39 is 44.3 Å². The third-order valence-electron chi connectivity index (χ3n) is 3.97. The second-order valence-electron chi connectivity index (χ2n) is 7.37. The number of likely N-dealkylation sites (tertiary alicyclic amines) is 1. The molecule has 1 heterocycles. The molecule has 1 fully saturated rings. The number of sulfone groups is 1. The number of carbonyl (C=O) groups excluding carboxylic acids is 3. The molecule has 1 unspecified atom stereocenters. The molecular formula is C18H23ClN2O7S. The Hall–Kier alpha value is -2.33. The van der Waals surface area contributed by atoms with Crippen molar-refractivity contribution in [1.82, 2.24) is 4.90 Å². The van der Waals surface area contributed by atoms with E-state index in [1.807, 2.05) is 0 Å². The van der Waals surface area contributed by atoms with Crippen LogP contribution in [0.3, 0.4) is 0 Å². The molecule has 11 heteroatoms. The first-order valence-electron chi connectivity index (χ1n) is 8.72. The summed E-state index contributed by atoms with van der Waals surface area (Å²) in [6.45, 7) is 4.61. The van der Waals surface area contributed by atoms with Gasteiger partial charge < -0.3 is 14.8 Å². The molecule has 0 aliphatic carbocycles. The first kappa shape index (κ1) is 23.0. The Labute approximate surface area is 174 Å². The number of ether oxygens (including phenoxy) is 2. The molecule has 29 heavy (non-hydrogen) atoms. The van der Waals surface area contributed by atoms with Crippen molar-refractivity contribution in [3.63, 3.8) is 0 Å². The SMILES string of the molecule is COc1c(Cl)cccc1NCS(=O)(=O)C1C(=O)CCN(C(=O)OC(C)(C)C)C1=O. The van der Waals surface area contributed by atoms with Crippen LogP contribution in [0.2, 0.25) is 5.02 Å². The number of nitrogens with zero attached hydrogens (tertiary/aromatic N) is 1. The van der Waals surface area contributed by atoms with Crippen molar-refractivity contribution in [2.45, 2.75) is 38.0 Å². The number of carbonyl (C=O) groups is 3. The van der Waals surface area contributed by atoms with Gasteiger partial charge in [0, 0.05) is 13.0 Å². The Kier molecular flexibility index (Phi) is 6.79. The first-order chi connectivity index (χ1) is 13.4. The monoisotopic (exact) mass is 446 g/mol. The molecule has 160 valence electrons. The summed E-state index contributed by atoms with van der Waals surface area (Å²) in [5.41, 5.74) is -0.596. The number of piperidine rings is 1. The van der Waals surface area contributed by atoms with Gasteiger partial charge in [0.15, 0.2) is 21.4 Å². The van der Waals surface area contributed by atoms with Crippen LogP contribution in [-0.2, 0) is 24.2 Å². The number of halogens is 1. The second-order valence-corrected chi connectivity index (χ2v) is 9.86. The molecule has 1 aromatic rings. The number of benzene rings is 1. The molecule has 0 aromatic heterocycles. The molecule has 2 rings (SSSR count). The Morgan fingerprint density at radius 2 is 1.97 bits per heavy atom. The Morgan fingerprint density at radius 3 is 2.55 bits per heavy atom. The fourth-order valence-electron chi connectivity index (χ4n) is 2.71. The number of hydrogen-bond acceptors (Lipinski definition) is 8. The molecule has 1 saturated heterocycles. The molecule has 0 saturated carbocycles. The van der Waals surface area contributed by atoms with Crippen LogP contribution in [0.25, 0.3) is 0 Å². The average molecular weight is 447 g/mol. The lowest BCUT2D eigenvalue weighted by Gasteiger charge is -2.31. The summed E-state index contributed by atoms with van der Waals surface area (Å²) in [6.07, 6.45) is -1.25. The highest BCUT2D eigenvalue weighted by Crippen LogP contribution is 2.32. The van der Waals surface area contributed by atoms with Gasteiger partial charge in [-0.1, -0.05) is 17.7 Å². The summed E-state index contributed by atoms with van der Waals surface area (Å²) in [4.78, 5) is 37.8. The van der Waals surface area contributed by atoms with E-state index >= 15 is 0 Å². The molecule has 1 aliphatic rings. The molecule has 1 aromatic carbocycles. The summed E-state index contributed by atoms with van der Waals surface area (Å²) in [5.74, 6) is -2.39. The van der Waals surface area contributed by atoms with Gasteiger partial charge in [0.1, 0.15) is 11.5 Å². The third-order valence-corrected chi connectivity index (χ3v) is 6.00. The molecule has 1 atom stereocenters. The summed E-state index contributed by atoms with van der Waals surface area (Å²) in [6, 6.07) is 4.69. The number of hydrogen-bond donors (Lipinski definition) is 1. The number of rotatable bonds is 5. The number of methoxy groups -OCH3 is 1. The lowest BCUT2D eigenvalue weighted by atomic mass is 10.1. The highest BCUT2D eigenvalue weighted by Gasteiger charge is 2.47. The van der Waals surface area contributed by atoms with Gasteiger partial charge in [-0.25, -0.2) is 18.1 Å². The normalized spacial score (nSPS) is 17.8. The zero-order valence-corrected chi connectivity index (χ0v) is 18.1. The molecule has 2 amide bonds. The smallest absolute Gasteiger partial charge is 0.417 e. The highest BCUT2D eigenvalue weighted by molar-refractivity contribution is 7.93. The van der Waals surface area contributed by atoms with Crippen LogP contribution in [0.5, 0.6) is 5.75 Å². The lowest BCUT2D eigenvalue weighted by molar-refractivity contribution is -0.137. The van der Waals surface area contributed by atoms with Crippen molar-refractivity contribution in [2.75, 3.05) is 24.8 Å². The van der Waals surface area contributed by atoms with E-state index in [0.717, 1.165) is 0 Å². The van der Waals surface area contributed by atoms with Crippen LogP contribution >= 0.6 is 11.6 Å². The second kappa shape index (κ2) is 8.58. The number of anilines is 1. The van der Waals surface area contributed by atoms with Crippen LogP contribution in [0, 0.1) is 0 Å². The van der Waals surface area contributed by atoms with Crippen molar-refractivity contribution in [2.24, 2.45) is 0 Å². The molecule has 0 spiro atoms. The summed E-state index contributed by atoms with van der Waals surface area (Å²) in [5, 5.41) is 0.905. The van der Waals surface area contributed by atoms with Gasteiger partial charge in [-0.15, -0.1) is 0 Å². The van der Waals surface area contributed by atoms with Gasteiger partial charge in [-0.05, 0) is 32.9 Å². The van der Waals surface area contributed by atoms with Crippen LogP contribution in [0.1, 0.15) is 27.2 Å². The molecule has 1 aliphatic heterocycles.